The number of aromatic hydroxyl groups is 1. The number of carboxylic acids is 1. The van der Waals surface area contributed by atoms with Crippen LogP contribution >= 0.6 is 15.9 Å². The zero-order valence-electron chi connectivity index (χ0n) is 10.9. The number of nitrogens with one attached hydrogen (secondary N) is 1. The van der Waals surface area contributed by atoms with Crippen LogP contribution in [-0.4, -0.2) is 16.2 Å². The Labute approximate surface area is 125 Å². The first kappa shape index (κ1) is 14.4. The molecule has 0 unspecified atom stereocenters. The smallest absolute Gasteiger partial charge is 0.335 e. The molecule has 4 nitrogen and oxygen atoms in total. The second-order valence-corrected chi connectivity index (χ2v) is 5.33. The number of phenols is 1. The Kier molecular flexibility index (Phi) is 4.29. The number of aryl methyl sites for hydroxylation is 1. The number of hydrogen-bond acceptors (Lipinski definition) is 3. The second-order valence-electron chi connectivity index (χ2n) is 4.47. The molecule has 0 aromatic heterocycles. The van der Waals surface area contributed by atoms with E-state index in [0.29, 0.717) is 11.0 Å². The zero-order valence-corrected chi connectivity index (χ0v) is 12.4. The fourth-order valence-electron chi connectivity index (χ4n) is 1.85. The van der Waals surface area contributed by atoms with Crippen LogP contribution in [-0.2, 0) is 6.54 Å². The number of carbonyl (C=O) groups is 1. The molecule has 0 saturated heterocycles. The number of halogens is 1. The fourth-order valence-corrected chi connectivity index (χ4v) is 2.28. The minimum absolute atomic E-state index is 0.204. The molecule has 5 heteroatoms. The van der Waals surface area contributed by atoms with Gasteiger partial charge in [-0.1, -0.05) is 6.07 Å². The lowest BCUT2D eigenvalue weighted by Gasteiger charge is -2.11. The average Bonchev–Trinajstić information content (AvgIpc) is 2.41. The number of anilines is 1. The molecule has 2 aromatic carbocycles. The summed E-state index contributed by atoms with van der Waals surface area (Å²) in [5.41, 5.74) is 3.05. The van der Waals surface area contributed by atoms with Crippen LogP contribution in [0.25, 0.3) is 0 Å². The average molecular weight is 336 g/mol. The van der Waals surface area contributed by atoms with Gasteiger partial charge in [0.1, 0.15) is 5.75 Å². The van der Waals surface area contributed by atoms with E-state index >= 15 is 0 Å². The van der Waals surface area contributed by atoms with Crippen LogP contribution in [0.15, 0.2) is 40.9 Å². The molecule has 2 aromatic rings. The van der Waals surface area contributed by atoms with Gasteiger partial charge in [0, 0.05) is 12.2 Å². The van der Waals surface area contributed by atoms with Crippen LogP contribution in [0.2, 0.25) is 0 Å². The standard InChI is InChI=1S/C15H14BrNO3/c1-9-6-11(15(19)20)3-4-13(9)17-8-10-2-5-14(18)12(16)7-10/h2-7,17-18H,8H2,1H3,(H,19,20). The van der Waals surface area contributed by atoms with Gasteiger partial charge in [-0.05, 0) is 64.3 Å². The van der Waals surface area contributed by atoms with E-state index in [1.54, 1.807) is 24.3 Å². The van der Waals surface area contributed by atoms with E-state index in [1.807, 2.05) is 19.1 Å². The molecular formula is C15H14BrNO3. The predicted molar refractivity (Wildman–Crippen MR) is 81.3 cm³/mol. The number of aromatic carboxylic acids is 1. The number of hydrogen-bond donors (Lipinski definition) is 3. The first-order chi connectivity index (χ1) is 9.47. The van der Waals surface area contributed by atoms with Crippen molar-refractivity contribution in [1.29, 1.82) is 0 Å². The highest BCUT2D eigenvalue weighted by atomic mass is 79.9. The summed E-state index contributed by atoms with van der Waals surface area (Å²) >= 11 is 3.27. The lowest BCUT2D eigenvalue weighted by molar-refractivity contribution is 0.0697. The summed E-state index contributed by atoms with van der Waals surface area (Å²) in [5, 5.41) is 21.6. The molecule has 0 radical (unpaired) electrons. The van der Waals surface area contributed by atoms with E-state index in [1.165, 1.54) is 0 Å². The van der Waals surface area contributed by atoms with Gasteiger partial charge < -0.3 is 15.5 Å². The maximum absolute atomic E-state index is 10.9. The van der Waals surface area contributed by atoms with Crippen molar-refractivity contribution in [2.75, 3.05) is 5.32 Å². The van der Waals surface area contributed by atoms with Crippen LogP contribution in [0.1, 0.15) is 21.5 Å². The molecule has 0 aliphatic rings. The van der Waals surface area contributed by atoms with Crippen molar-refractivity contribution in [2.24, 2.45) is 0 Å². The van der Waals surface area contributed by atoms with Crippen molar-refractivity contribution in [2.45, 2.75) is 13.5 Å². The maximum Gasteiger partial charge on any atom is 0.335 e. The highest BCUT2D eigenvalue weighted by Crippen LogP contribution is 2.25. The third-order valence-corrected chi connectivity index (χ3v) is 3.60. The molecule has 2 rings (SSSR count). The predicted octanol–water partition coefficient (Wildman–Crippen LogP) is 3.77. The Morgan fingerprint density at radius 3 is 2.60 bits per heavy atom. The van der Waals surface area contributed by atoms with Crippen LogP contribution in [0.4, 0.5) is 5.69 Å². The SMILES string of the molecule is Cc1cc(C(=O)O)ccc1NCc1ccc(O)c(Br)c1. The van der Waals surface area contributed by atoms with E-state index in [4.69, 9.17) is 5.11 Å². The van der Waals surface area contributed by atoms with Crippen molar-refractivity contribution in [3.05, 3.63) is 57.6 Å². The zero-order chi connectivity index (χ0) is 14.7. The minimum Gasteiger partial charge on any atom is -0.507 e. The van der Waals surface area contributed by atoms with Gasteiger partial charge >= 0.3 is 5.97 Å². The van der Waals surface area contributed by atoms with Crippen LogP contribution in [0.5, 0.6) is 5.75 Å². The third-order valence-electron chi connectivity index (χ3n) is 2.97. The van der Waals surface area contributed by atoms with Gasteiger partial charge in [0.2, 0.25) is 0 Å². The van der Waals surface area contributed by atoms with Crippen molar-refractivity contribution in [3.8, 4) is 5.75 Å². The summed E-state index contributed by atoms with van der Waals surface area (Å²) in [7, 11) is 0. The largest absolute Gasteiger partial charge is 0.507 e. The van der Waals surface area contributed by atoms with E-state index < -0.39 is 5.97 Å². The van der Waals surface area contributed by atoms with Crippen molar-refractivity contribution >= 4 is 27.6 Å². The normalized spacial score (nSPS) is 10.3. The molecule has 0 heterocycles. The molecule has 0 atom stereocenters. The summed E-state index contributed by atoms with van der Waals surface area (Å²) in [6.45, 7) is 2.45. The van der Waals surface area contributed by atoms with Gasteiger partial charge in [-0.15, -0.1) is 0 Å². The molecule has 0 aliphatic carbocycles. The van der Waals surface area contributed by atoms with Gasteiger partial charge in [-0.2, -0.15) is 0 Å². The van der Waals surface area contributed by atoms with E-state index in [9.17, 15) is 9.90 Å². The quantitative estimate of drug-likeness (QED) is 0.795. The minimum atomic E-state index is -0.929. The van der Waals surface area contributed by atoms with Crippen LogP contribution < -0.4 is 5.32 Å². The Morgan fingerprint density at radius 1 is 1.25 bits per heavy atom. The maximum atomic E-state index is 10.9. The number of rotatable bonds is 4. The van der Waals surface area contributed by atoms with E-state index in [0.717, 1.165) is 16.8 Å². The molecule has 20 heavy (non-hydrogen) atoms. The Hall–Kier alpha value is -2.01. The van der Waals surface area contributed by atoms with Crippen molar-refractivity contribution < 1.29 is 15.0 Å². The Balaban J connectivity index is 2.10. The molecule has 0 bridgehead atoms. The number of phenolic OH excluding ortho intramolecular Hbond substituents is 1. The Bertz CT molecular complexity index is 656. The number of carboxylic acid groups (broad SMARTS) is 1. The molecular weight excluding hydrogens is 322 g/mol. The number of benzene rings is 2. The molecule has 104 valence electrons. The summed E-state index contributed by atoms with van der Waals surface area (Å²) in [6, 6.07) is 10.3. The van der Waals surface area contributed by atoms with Crippen molar-refractivity contribution in [3.63, 3.8) is 0 Å². The monoisotopic (exact) mass is 335 g/mol. The van der Waals surface area contributed by atoms with Gasteiger partial charge in [0.05, 0.1) is 10.0 Å². The summed E-state index contributed by atoms with van der Waals surface area (Å²) in [4.78, 5) is 10.9. The van der Waals surface area contributed by atoms with Gasteiger partial charge in [-0.3, -0.25) is 0 Å². The van der Waals surface area contributed by atoms with Crippen molar-refractivity contribution in [1.82, 2.24) is 0 Å². The van der Waals surface area contributed by atoms with Gasteiger partial charge in [-0.25, -0.2) is 4.79 Å². The highest BCUT2D eigenvalue weighted by molar-refractivity contribution is 9.10. The fraction of sp³-hybridized carbons (Fsp3) is 0.133. The molecule has 0 aliphatic heterocycles. The summed E-state index contributed by atoms with van der Waals surface area (Å²) in [5.74, 6) is -0.724. The first-order valence-corrected chi connectivity index (χ1v) is 6.82. The lowest BCUT2D eigenvalue weighted by atomic mass is 10.1. The molecule has 0 fully saturated rings. The van der Waals surface area contributed by atoms with Crippen LogP contribution in [0, 0.1) is 6.92 Å². The molecule has 3 N–H and O–H groups in total. The topological polar surface area (TPSA) is 69.6 Å². The third kappa shape index (κ3) is 3.30. The van der Waals surface area contributed by atoms with E-state index in [-0.39, 0.29) is 11.3 Å². The Morgan fingerprint density at radius 2 is 2.00 bits per heavy atom. The second kappa shape index (κ2) is 5.96. The molecule has 0 spiro atoms. The molecule has 0 amide bonds. The van der Waals surface area contributed by atoms with Crippen LogP contribution in [0.3, 0.4) is 0 Å². The first-order valence-electron chi connectivity index (χ1n) is 6.02. The highest BCUT2D eigenvalue weighted by Gasteiger charge is 2.06. The van der Waals surface area contributed by atoms with E-state index in [2.05, 4.69) is 21.2 Å². The van der Waals surface area contributed by atoms with Gasteiger partial charge in [0.15, 0.2) is 0 Å². The lowest BCUT2D eigenvalue weighted by Crippen LogP contribution is -2.03. The summed E-state index contributed by atoms with van der Waals surface area (Å²) < 4.78 is 0.648. The molecule has 0 saturated carbocycles. The van der Waals surface area contributed by atoms with Gasteiger partial charge in [0.25, 0.3) is 0 Å². The summed E-state index contributed by atoms with van der Waals surface area (Å²) in [6.07, 6.45) is 0.